The van der Waals surface area contributed by atoms with E-state index in [4.69, 9.17) is 16.6 Å². The van der Waals surface area contributed by atoms with Crippen LogP contribution in [0.4, 0.5) is 0 Å². The molecule has 0 saturated heterocycles. The first-order valence-corrected chi connectivity index (χ1v) is 12.8. The molecular formula is C26H38N6O7. The molecule has 10 N–H and O–H groups in total. The molecule has 1 heterocycles. The van der Waals surface area contributed by atoms with Gasteiger partial charge in [-0.15, -0.1) is 0 Å². The van der Waals surface area contributed by atoms with Crippen molar-refractivity contribution >= 4 is 40.6 Å². The van der Waals surface area contributed by atoms with Gasteiger partial charge in [0.15, 0.2) is 0 Å². The van der Waals surface area contributed by atoms with E-state index in [0.717, 1.165) is 10.9 Å². The summed E-state index contributed by atoms with van der Waals surface area (Å²) in [5.41, 5.74) is 12.7. The zero-order valence-corrected chi connectivity index (χ0v) is 22.1. The minimum absolute atomic E-state index is 0.0185. The molecule has 0 aliphatic heterocycles. The van der Waals surface area contributed by atoms with Crippen molar-refractivity contribution in [1.29, 1.82) is 0 Å². The number of amides is 3. The Morgan fingerprint density at radius 3 is 2.21 bits per heavy atom. The van der Waals surface area contributed by atoms with Crippen LogP contribution in [0.25, 0.3) is 10.9 Å². The van der Waals surface area contributed by atoms with E-state index in [2.05, 4.69) is 20.9 Å². The molecule has 0 spiro atoms. The molecule has 0 fully saturated rings. The standard InChI is InChI=1S/C26H38N6O7/c1-14(2)22(25(37)30-19(26(38)39)9-5-6-10-27)32-24(36)20(31-23(35)17(28)12-21(33)34)11-15-13-29-18-8-4-3-7-16(15)18/h3-4,7-8,13-14,17,19-20,22,29H,5-6,9-12,27-28H2,1-2H3,(H,30,37)(H,31,35)(H,32,36)(H,33,34)(H,38,39). The van der Waals surface area contributed by atoms with Crippen LogP contribution in [-0.2, 0) is 30.4 Å². The van der Waals surface area contributed by atoms with Gasteiger partial charge in [0.25, 0.3) is 0 Å². The number of aliphatic carboxylic acids is 2. The number of fused-ring (bicyclic) bond motifs is 1. The fourth-order valence-electron chi connectivity index (χ4n) is 4.09. The Kier molecular flexibility index (Phi) is 11.9. The Morgan fingerprint density at radius 2 is 1.59 bits per heavy atom. The number of aromatic nitrogens is 1. The molecule has 4 unspecified atom stereocenters. The Bertz CT molecular complexity index is 1160. The highest BCUT2D eigenvalue weighted by Gasteiger charge is 2.32. The number of nitrogens with two attached hydrogens (primary N) is 2. The second-order valence-electron chi connectivity index (χ2n) is 9.74. The van der Waals surface area contributed by atoms with Crippen LogP contribution in [0, 0.1) is 5.92 Å². The second kappa shape index (κ2) is 14.8. The highest BCUT2D eigenvalue weighted by molar-refractivity contribution is 5.95. The third-order valence-electron chi connectivity index (χ3n) is 6.27. The topological polar surface area (TPSA) is 230 Å². The minimum Gasteiger partial charge on any atom is -0.481 e. The maximum Gasteiger partial charge on any atom is 0.326 e. The largest absolute Gasteiger partial charge is 0.481 e. The fourth-order valence-corrected chi connectivity index (χ4v) is 4.09. The average molecular weight is 547 g/mol. The Labute approximate surface area is 226 Å². The lowest BCUT2D eigenvalue weighted by Crippen LogP contribution is -2.59. The van der Waals surface area contributed by atoms with Crippen LogP contribution in [0.1, 0.15) is 45.1 Å². The summed E-state index contributed by atoms with van der Waals surface area (Å²) in [5.74, 6) is -5.13. The van der Waals surface area contributed by atoms with E-state index in [1.54, 1.807) is 20.0 Å². The average Bonchev–Trinajstić information content (AvgIpc) is 3.28. The monoisotopic (exact) mass is 546 g/mol. The molecule has 0 aliphatic rings. The van der Waals surface area contributed by atoms with Crippen molar-refractivity contribution in [2.24, 2.45) is 17.4 Å². The van der Waals surface area contributed by atoms with Gasteiger partial charge in [0.05, 0.1) is 12.5 Å². The number of hydrogen-bond donors (Lipinski definition) is 8. The van der Waals surface area contributed by atoms with E-state index in [1.165, 1.54) is 0 Å². The summed E-state index contributed by atoms with van der Waals surface area (Å²) in [4.78, 5) is 64.9. The first-order valence-electron chi connectivity index (χ1n) is 12.8. The molecule has 13 nitrogen and oxygen atoms in total. The first-order chi connectivity index (χ1) is 18.4. The van der Waals surface area contributed by atoms with Crippen molar-refractivity contribution < 1.29 is 34.2 Å². The number of benzene rings is 1. The number of nitrogens with one attached hydrogen (secondary N) is 4. The minimum atomic E-state index is -1.39. The smallest absolute Gasteiger partial charge is 0.326 e. The molecule has 0 bridgehead atoms. The second-order valence-corrected chi connectivity index (χ2v) is 9.74. The zero-order chi connectivity index (χ0) is 29.1. The number of para-hydroxylation sites is 1. The number of carbonyl (C=O) groups is 5. The molecule has 214 valence electrons. The lowest BCUT2D eigenvalue weighted by molar-refractivity contribution is -0.142. The lowest BCUT2D eigenvalue weighted by Gasteiger charge is -2.27. The van der Waals surface area contributed by atoms with E-state index in [-0.39, 0.29) is 12.8 Å². The van der Waals surface area contributed by atoms with Gasteiger partial charge >= 0.3 is 11.9 Å². The molecule has 0 aliphatic carbocycles. The highest BCUT2D eigenvalue weighted by Crippen LogP contribution is 2.19. The van der Waals surface area contributed by atoms with E-state index in [1.807, 2.05) is 24.3 Å². The van der Waals surface area contributed by atoms with E-state index < -0.39 is 66.2 Å². The maximum absolute atomic E-state index is 13.4. The van der Waals surface area contributed by atoms with Crippen molar-refractivity contribution in [2.45, 2.75) is 70.1 Å². The lowest BCUT2D eigenvalue weighted by atomic mass is 9.99. The number of rotatable bonds is 16. The number of carboxylic acids is 2. The molecule has 2 aromatic rings. The summed E-state index contributed by atoms with van der Waals surface area (Å²) < 4.78 is 0. The molecule has 3 amide bonds. The summed E-state index contributed by atoms with van der Waals surface area (Å²) in [5, 5.41) is 26.9. The van der Waals surface area contributed by atoms with Gasteiger partial charge < -0.3 is 42.6 Å². The summed E-state index contributed by atoms with van der Waals surface area (Å²) in [6, 6.07) is 2.49. The highest BCUT2D eigenvalue weighted by atomic mass is 16.4. The van der Waals surface area contributed by atoms with Crippen molar-refractivity contribution in [2.75, 3.05) is 6.54 Å². The van der Waals surface area contributed by atoms with Gasteiger partial charge in [-0.2, -0.15) is 0 Å². The van der Waals surface area contributed by atoms with Crippen LogP contribution >= 0.6 is 0 Å². The summed E-state index contributed by atoms with van der Waals surface area (Å²) in [6.07, 6.45) is 2.36. The van der Waals surface area contributed by atoms with Crippen molar-refractivity contribution in [1.82, 2.24) is 20.9 Å². The summed E-state index contributed by atoms with van der Waals surface area (Å²) in [7, 11) is 0. The number of H-pyrrole nitrogens is 1. The predicted octanol–water partition coefficient (Wildman–Crippen LogP) is -0.164. The normalized spacial score (nSPS) is 14.3. The van der Waals surface area contributed by atoms with Crippen LogP contribution in [0.2, 0.25) is 0 Å². The van der Waals surface area contributed by atoms with Gasteiger partial charge in [-0.25, -0.2) is 4.79 Å². The Balaban J connectivity index is 2.25. The summed E-state index contributed by atoms with van der Waals surface area (Å²) in [6.45, 7) is 3.76. The van der Waals surface area contributed by atoms with Crippen molar-refractivity contribution in [3.05, 3.63) is 36.0 Å². The van der Waals surface area contributed by atoms with Crippen LogP contribution in [0.15, 0.2) is 30.5 Å². The first kappa shape index (κ1) is 31.2. The molecule has 13 heteroatoms. The third kappa shape index (κ3) is 9.37. The Morgan fingerprint density at radius 1 is 0.923 bits per heavy atom. The predicted molar refractivity (Wildman–Crippen MR) is 143 cm³/mol. The quantitative estimate of drug-likeness (QED) is 0.131. The van der Waals surface area contributed by atoms with E-state index >= 15 is 0 Å². The third-order valence-corrected chi connectivity index (χ3v) is 6.27. The number of hydrogen-bond acceptors (Lipinski definition) is 7. The van der Waals surface area contributed by atoms with Crippen molar-refractivity contribution in [3.63, 3.8) is 0 Å². The molecular weight excluding hydrogens is 508 g/mol. The van der Waals surface area contributed by atoms with Crippen LogP contribution < -0.4 is 27.4 Å². The zero-order valence-electron chi connectivity index (χ0n) is 22.1. The van der Waals surface area contributed by atoms with E-state index in [9.17, 15) is 29.1 Å². The maximum atomic E-state index is 13.4. The number of aromatic amines is 1. The van der Waals surface area contributed by atoms with Gasteiger partial charge in [-0.3, -0.25) is 19.2 Å². The van der Waals surface area contributed by atoms with Crippen LogP contribution in [0.5, 0.6) is 0 Å². The van der Waals surface area contributed by atoms with Crippen molar-refractivity contribution in [3.8, 4) is 0 Å². The van der Waals surface area contributed by atoms with Gasteiger partial charge in [-0.1, -0.05) is 32.0 Å². The van der Waals surface area contributed by atoms with E-state index in [0.29, 0.717) is 24.9 Å². The summed E-state index contributed by atoms with van der Waals surface area (Å²) >= 11 is 0. The molecule has 0 radical (unpaired) electrons. The molecule has 39 heavy (non-hydrogen) atoms. The SMILES string of the molecule is CC(C)C(NC(=O)C(Cc1c[nH]c2ccccc12)NC(=O)C(N)CC(=O)O)C(=O)NC(CCCCN)C(=O)O. The molecule has 0 saturated carbocycles. The molecule has 2 rings (SSSR count). The number of carbonyl (C=O) groups excluding carboxylic acids is 3. The van der Waals surface area contributed by atoms with Gasteiger partial charge in [0, 0.05) is 23.5 Å². The fraction of sp³-hybridized carbons (Fsp3) is 0.500. The van der Waals surface area contributed by atoms with Gasteiger partial charge in [-0.05, 0) is 43.4 Å². The van der Waals surface area contributed by atoms with Gasteiger partial charge in [0.1, 0.15) is 18.1 Å². The van der Waals surface area contributed by atoms with Crippen LogP contribution in [0.3, 0.4) is 0 Å². The number of carboxylic acid groups (broad SMARTS) is 2. The van der Waals surface area contributed by atoms with Crippen LogP contribution in [-0.4, -0.2) is 75.6 Å². The number of unbranched alkanes of at least 4 members (excludes halogenated alkanes) is 1. The molecule has 1 aromatic carbocycles. The molecule has 1 aromatic heterocycles. The Hall–Kier alpha value is -3.97. The van der Waals surface area contributed by atoms with Gasteiger partial charge in [0.2, 0.25) is 17.7 Å². The molecule has 4 atom stereocenters.